The van der Waals surface area contributed by atoms with E-state index in [9.17, 15) is 4.79 Å². The summed E-state index contributed by atoms with van der Waals surface area (Å²) in [6.07, 6.45) is 8.49. The van der Waals surface area contributed by atoms with Gasteiger partial charge < -0.3 is 14.2 Å². The molecule has 9 rings (SSSR count). The molecule has 9 aliphatic rings. The van der Waals surface area contributed by atoms with Crippen LogP contribution in [0.15, 0.2) is 12.2 Å². The van der Waals surface area contributed by atoms with Gasteiger partial charge in [0.05, 0.1) is 6.61 Å². The van der Waals surface area contributed by atoms with E-state index in [2.05, 4.69) is 18.4 Å². The van der Waals surface area contributed by atoms with E-state index in [0.29, 0.717) is 17.8 Å². The highest BCUT2D eigenvalue weighted by atomic mass is 16.6. The minimum atomic E-state index is -0.160. The van der Waals surface area contributed by atoms with Crippen LogP contribution in [0.3, 0.4) is 0 Å². The summed E-state index contributed by atoms with van der Waals surface area (Å²) in [4.78, 5) is 14.9. The molecule has 0 aromatic rings. The lowest BCUT2D eigenvalue weighted by atomic mass is 9.32. The van der Waals surface area contributed by atoms with Crippen molar-refractivity contribution in [3.05, 3.63) is 12.2 Å². The van der Waals surface area contributed by atoms with Gasteiger partial charge in [-0.05, 0) is 50.4 Å². The largest absolute Gasteiger partial charge is 0.459 e. The van der Waals surface area contributed by atoms with E-state index in [0.717, 1.165) is 26.0 Å². The number of hydrogen-bond acceptors (Lipinski definition) is 5. The van der Waals surface area contributed by atoms with E-state index in [1.165, 1.54) is 37.7 Å². The molecule has 5 saturated carbocycles. The van der Waals surface area contributed by atoms with Gasteiger partial charge in [-0.25, -0.2) is 4.90 Å². The minimum Gasteiger partial charge on any atom is -0.459 e. The maximum Gasteiger partial charge on any atom is 0.303 e. The van der Waals surface area contributed by atoms with Crippen LogP contribution >= 0.6 is 0 Å². The summed E-state index contributed by atoms with van der Waals surface area (Å²) < 4.78 is 19.6. The monoisotopic (exact) mass is 399 g/mol. The summed E-state index contributed by atoms with van der Waals surface area (Å²) in [5.74, 6) is 1.54. The average molecular weight is 400 g/mol. The Labute approximate surface area is 173 Å². The first-order valence-electron chi connectivity index (χ1n) is 11.8. The highest BCUT2D eigenvalue weighted by Crippen LogP contribution is 2.79. The van der Waals surface area contributed by atoms with Gasteiger partial charge in [-0.3, -0.25) is 4.79 Å². The van der Waals surface area contributed by atoms with E-state index < -0.39 is 0 Å². The number of nitrogens with zero attached hydrogens (tertiary/aromatic N) is 1. The van der Waals surface area contributed by atoms with Gasteiger partial charge in [0.15, 0.2) is 0 Å². The van der Waals surface area contributed by atoms with Gasteiger partial charge in [-0.15, -0.1) is 0 Å². The molecule has 29 heavy (non-hydrogen) atoms. The molecule has 7 bridgehead atoms. The Morgan fingerprint density at radius 1 is 1.28 bits per heavy atom. The lowest BCUT2D eigenvalue weighted by molar-refractivity contribution is -0.438. The Morgan fingerprint density at radius 3 is 2.93 bits per heavy atom. The van der Waals surface area contributed by atoms with Gasteiger partial charge in [0.2, 0.25) is 0 Å². The van der Waals surface area contributed by atoms with Crippen molar-refractivity contribution in [2.75, 3.05) is 13.2 Å². The van der Waals surface area contributed by atoms with Crippen LogP contribution in [-0.2, 0) is 19.0 Å². The molecule has 4 heterocycles. The number of rotatable bonds is 1. The summed E-state index contributed by atoms with van der Waals surface area (Å²) in [7, 11) is 0. The number of allylic oxidation sites excluding steroid dienone is 1. The molecule has 10 atom stereocenters. The standard InChI is InChI=1S/C24H33NO4/c1-13-12-23-8-5-15(13)11-16(23)24-7-4-6-22(3)18(24)17(28-14(2)26)19(23)29-21(24)25-9-10-27-20(22)25/h15-21H,1,4-12H2,2-3H3/t15-,16+,17-,18+,19+,20-,21+,22+,23+,24+/m0/s1. The molecule has 2 spiro atoms. The lowest BCUT2D eigenvalue weighted by Gasteiger charge is -2.80. The normalized spacial score (nSPS) is 59.4. The van der Waals surface area contributed by atoms with Crippen LogP contribution in [0.25, 0.3) is 0 Å². The maximum atomic E-state index is 12.3. The molecule has 158 valence electrons. The molecular formula is C24H33NO4. The third-order valence-electron chi connectivity index (χ3n) is 10.6. The van der Waals surface area contributed by atoms with Gasteiger partial charge in [-0.2, -0.15) is 0 Å². The quantitative estimate of drug-likeness (QED) is 0.499. The molecule has 0 amide bonds. The molecule has 4 aliphatic heterocycles. The van der Waals surface area contributed by atoms with Crippen LogP contribution in [0.4, 0.5) is 0 Å². The van der Waals surface area contributed by atoms with Crippen LogP contribution < -0.4 is 0 Å². The van der Waals surface area contributed by atoms with Gasteiger partial charge in [0.25, 0.3) is 0 Å². The second-order valence-electron chi connectivity index (χ2n) is 11.5. The molecular weight excluding hydrogens is 366 g/mol. The molecule has 0 aromatic carbocycles. The van der Waals surface area contributed by atoms with E-state index in [4.69, 9.17) is 14.2 Å². The number of fused-ring (bicyclic) bond motifs is 4. The van der Waals surface area contributed by atoms with Crippen molar-refractivity contribution in [2.24, 2.45) is 34.0 Å². The number of carbonyl (C=O) groups is 1. The zero-order valence-corrected chi connectivity index (χ0v) is 17.7. The summed E-state index contributed by atoms with van der Waals surface area (Å²) in [6.45, 7) is 10.2. The Kier molecular flexibility index (Phi) is 3.23. The predicted octanol–water partition coefficient (Wildman–Crippen LogP) is 3.48. The fourth-order valence-corrected chi connectivity index (χ4v) is 10.1. The summed E-state index contributed by atoms with van der Waals surface area (Å²) in [5.41, 5.74) is 1.66. The van der Waals surface area contributed by atoms with Crippen LogP contribution in [0, 0.1) is 34.0 Å². The fraction of sp³-hybridized carbons (Fsp3) is 0.875. The van der Waals surface area contributed by atoms with Gasteiger partial charge in [0, 0.05) is 35.6 Å². The molecule has 9 fully saturated rings. The molecule has 0 unspecified atom stereocenters. The molecule has 5 nitrogen and oxygen atoms in total. The van der Waals surface area contributed by atoms with Crippen molar-refractivity contribution >= 4 is 5.97 Å². The van der Waals surface area contributed by atoms with Crippen LogP contribution in [-0.4, -0.2) is 48.7 Å². The fourth-order valence-electron chi connectivity index (χ4n) is 10.1. The smallest absolute Gasteiger partial charge is 0.303 e. The first kappa shape index (κ1) is 17.7. The highest BCUT2D eigenvalue weighted by molar-refractivity contribution is 5.66. The first-order valence-corrected chi connectivity index (χ1v) is 11.8. The van der Waals surface area contributed by atoms with Crippen LogP contribution in [0.1, 0.15) is 58.8 Å². The number of piperidine rings is 1. The van der Waals surface area contributed by atoms with Gasteiger partial charge in [0.1, 0.15) is 24.7 Å². The van der Waals surface area contributed by atoms with Crippen molar-refractivity contribution in [3.8, 4) is 0 Å². The molecule has 4 saturated heterocycles. The number of esters is 1. The molecule has 0 aromatic heterocycles. The Morgan fingerprint density at radius 2 is 2.14 bits per heavy atom. The maximum absolute atomic E-state index is 12.3. The van der Waals surface area contributed by atoms with E-state index in [1.54, 1.807) is 6.92 Å². The van der Waals surface area contributed by atoms with Crippen LogP contribution in [0.2, 0.25) is 0 Å². The average Bonchev–Trinajstić information content (AvgIpc) is 3.17. The Hall–Kier alpha value is -0.910. The molecule has 5 heteroatoms. The van der Waals surface area contributed by atoms with Crippen molar-refractivity contribution in [2.45, 2.75) is 83.5 Å². The van der Waals surface area contributed by atoms with Gasteiger partial charge in [-0.1, -0.05) is 25.5 Å². The second kappa shape index (κ2) is 5.28. The third kappa shape index (κ3) is 1.77. The SMILES string of the molecule is C=C1C[C@]23CC[C@H]1C[C@H]2[C@@]12CCC[C@@]4(C)[C@@H]5OCCN5[C@@H]1O[C@@H]3[C@@H](OC(C)=O)[C@H]42. The van der Waals surface area contributed by atoms with Crippen molar-refractivity contribution < 1.29 is 19.0 Å². The van der Waals surface area contributed by atoms with Crippen molar-refractivity contribution in [1.82, 2.24) is 4.90 Å². The zero-order valence-electron chi connectivity index (χ0n) is 17.7. The van der Waals surface area contributed by atoms with Gasteiger partial charge >= 0.3 is 5.97 Å². The second-order valence-corrected chi connectivity index (χ2v) is 11.5. The number of ether oxygens (including phenoxy) is 3. The molecule has 0 radical (unpaired) electrons. The highest BCUT2D eigenvalue weighted by Gasteiger charge is 2.82. The zero-order chi connectivity index (χ0) is 19.8. The lowest BCUT2D eigenvalue weighted by Crippen LogP contribution is -2.85. The first-order chi connectivity index (χ1) is 13.9. The third-order valence-corrected chi connectivity index (χ3v) is 10.6. The number of hydrogen-bond donors (Lipinski definition) is 0. The Bertz CT molecular complexity index is 813. The van der Waals surface area contributed by atoms with E-state index >= 15 is 0 Å². The Balaban J connectivity index is 1.47. The van der Waals surface area contributed by atoms with Crippen molar-refractivity contribution in [3.63, 3.8) is 0 Å². The molecule has 5 aliphatic carbocycles. The number of carbonyl (C=O) groups excluding carboxylic acids is 1. The summed E-state index contributed by atoms with van der Waals surface area (Å²) in [5, 5.41) is 0. The van der Waals surface area contributed by atoms with E-state index in [1.807, 2.05) is 0 Å². The molecule has 0 N–H and O–H groups in total. The summed E-state index contributed by atoms with van der Waals surface area (Å²) >= 11 is 0. The van der Waals surface area contributed by atoms with Crippen molar-refractivity contribution in [1.29, 1.82) is 0 Å². The van der Waals surface area contributed by atoms with E-state index in [-0.39, 0.29) is 46.9 Å². The predicted molar refractivity (Wildman–Crippen MR) is 106 cm³/mol. The summed E-state index contributed by atoms with van der Waals surface area (Å²) in [6, 6.07) is 0. The van der Waals surface area contributed by atoms with Crippen LogP contribution in [0.5, 0.6) is 0 Å². The topological polar surface area (TPSA) is 48.0 Å². The minimum absolute atomic E-state index is 0.00486.